The van der Waals surface area contributed by atoms with Crippen molar-refractivity contribution in [1.82, 2.24) is 14.9 Å². The van der Waals surface area contributed by atoms with E-state index in [0.717, 1.165) is 60.1 Å². The summed E-state index contributed by atoms with van der Waals surface area (Å²) >= 11 is 0. The van der Waals surface area contributed by atoms with Gasteiger partial charge in [-0.3, -0.25) is 0 Å². The molecule has 1 fully saturated rings. The summed E-state index contributed by atoms with van der Waals surface area (Å²) < 4.78 is 39.1. The maximum Gasteiger partial charge on any atom is 0.490 e. The van der Waals surface area contributed by atoms with Crippen LogP contribution in [0.5, 0.6) is 5.75 Å². The Bertz CT molecular complexity index is 1230. The first kappa shape index (κ1) is 26.6. The van der Waals surface area contributed by atoms with Crippen LogP contribution in [0, 0.1) is 24.2 Å². The molecule has 0 spiro atoms. The van der Waals surface area contributed by atoms with Crippen molar-refractivity contribution in [3.63, 3.8) is 0 Å². The van der Waals surface area contributed by atoms with Crippen molar-refractivity contribution in [3.05, 3.63) is 47.7 Å². The number of hydrogen-bond acceptors (Lipinski definition) is 7. The lowest BCUT2D eigenvalue weighted by Gasteiger charge is -2.20. The Morgan fingerprint density at radius 1 is 1.33 bits per heavy atom. The van der Waals surface area contributed by atoms with Gasteiger partial charge in [0.25, 0.3) is 0 Å². The molecule has 2 aromatic heterocycles. The average molecular weight is 505 g/mol. The lowest BCUT2D eigenvalue weighted by atomic mass is 10.1. The van der Waals surface area contributed by atoms with E-state index < -0.39 is 12.1 Å². The molecular weight excluding hydrogens is 477 g/mol. The van der Waals surface area contributed by atoms with Crippen LogP contribution in [-0.2, 0) is 4.79 Å². The molecule has 4 rings (SSSR count). The highest BCUT2D eigenvalue weighted by atomic mass is 19.4. The van der Waals surface area contributed by atoms with Gasteiger partial charge in [-0.25, -0.2) is 9.31 Å². The van der Waals surface area contributed by atoms with Crippen LogP contribution >= 0.6 is 0 Å². The van der Waals surface area contributed by atoms with Crippen molar-refractivity contribution in [2.75, 3.05) is 36.9 Å². The number of nitrogens with zero attached hydrogens (tertiary/aromatic N) is 3. The largest absolute Gasteiger partial charge is 0.494 e. The predicted molar refractivity (Wildman–Crippen MR) is 129 cm³/mol. The molecule has 1 saturated heterocycles. The molecule has 0 amide bonds. The number of pyridine rings is 1. The van der Waals surface area contributed by atoms with Crippen molar-refractivity contribution in [1.29, 1.82) is 5.26 Å². The zero-order valence-corrected chi connectivity index (χ0v) is 19.8. The smallest absolute Gasteiger partial charge is 0.490 e. The van der Waals surface area contributed by atoms with Crippen LogP contribution in [0.25, 0.3) is 5.52 Å². The van der Waals surface area contributed by atoms with E-state index in [1.807, 2.05) is 44.2 Å². The molecule has 1 aliphatic rings. The number of rotatable bonds is 7. The fraction of sp³-hybridized carbons (Fsp3) is 0.375. The Morgan fingerprint density at radius 2 is 2.03 bits per heavy atom. The highest BCUT2D eigenvalue weighted by Gasteiger charge is 2.38. The number of carbonyl (C=O) groups is 1. The SMILES string of the molecule is CCOc1ccc(Nc2c(C)c(NCC3CCNC3)c(C#N)c3ccnn23)cc1.O=C(O)C(F)(F)F. The van der Waals surface area contributed by atoms with E-state index in [1.165, 1.54) is 0 Å². The van der Waals surface area contributed by atoms with Crippen LogP contribution in [0.15, 0.2) is 36.5 Å². The average Bonchev–Trinajstić information content (AvgIpc) is 3.53. The summed E-state index contributed by atoms with van der Waals surface area (Å²) in [5.41, 5.74) is 4.20. The van der Waals surface area contributed by atoms with Crippen molar-refractivity contribution < 1.29 is 27.8 Å². The summed E-state index contributed by atoms with van der Waals surface area (Å²) in [7, 11) is 0. The second-order valence-electron chi connectivity index (χ2n) is 8.09. The first-order valence-corrected chi connectivity index (χ1v) is 11.3. The molecule has 192 valence electrons. The number of carboxylic acid groups (broad SMARTS) is 1. The van der Waals surface area contributed by atoms with E-state index in [1.54, 1.807) is 10.7 Å². The van der Waals surface area contributed by atoms with Gasteiger partial charge < -0.3 is 25.8 Å². The van der Waals surface area contributed by atoms with Crippen molar-refractivity contribution in [3.8, 4) is 11.8 Å². The van der Waals surface area contributed by atoms with Crippen LogP contribution in [0.3, 0.4) is 0 Å². The van der Waals surface area contributed by atoms with Gasteiger partial charge in [-0.15, -0.1) is 0 Å². The van der Waals surface area contributed by atoms with Crippen molar-refractivity contribution in [2.24, 2.45) is 5.92 Å². The van der Waals surface area contributed by atoms with Gasteiger partial charge in [0.2, 0.25) is 0 Å². The van der Waals surface area contributed by atoms with Gasteiger partial charge in [-0.1, -0.05) is 0 Å². The van der Waals surface area contributed by atoms with Gasteiger partial charge in [0.1, 0.15) is 23.2 Å². The predicted octanol–water partition coefficient (Wildman–Crippen LogP) is 4.31. The monoisotopic (exact) mass is 504 g/mol. The van der Waals surface area contributed by atoms with Crippen molar-refractivity contribution >= 4 is 28.7 Å². The van der Waals surface area contributed by atoms with Gasteiger partial charge in [0.15, 0.2) is 0 Å². The maximum atomic E-state index is 10.6. The summed E-state index contributed by atoms with van der Waals surface area (Å²) in [6, 6.07) is 12.1. The number of carboxylic acids is 1. The van der Waals surface area contributed by atoms with Crippen molar-refractivity contribution in [2.45, 2.75) is 26.4 Å². The molecule has 0 radical (unpaired) electrons. The Labute approximate surface area is 205 Å². The zero-order chi connectivity index (χ0) is 26.3. The third-order valence-corrected chi connectivity index (χ3v) is 5.60. The van der Waals surface area contributed by atoms with E-state index in [2.05, 4.69) is 27.1 Å². The Kier molecular flexibility index (Phi) is 8.60. The van der Waals surface area contributed by atoms with Gasteiger partial charge in [0, 0.05) is 17.8 Å². The van der Waals surface area contributed by atoms with Crippen LogP contribution in [0.1, 0.15) is 24.5 Å². The number of nitriles is 1. The normalized spacial score (nSPS) is 15.1. The van der Waals surface area contributed by atoms with E-state index >= 15 is 0 Å². The van der Waals surface area contributed by atoms with Crippen LogP contribution < -0.4 is 20.7 Å². The second kappa shape index (κ2) is 11.6. The molecule has 0 bridgehead atoms. The molecule has 4 N–H and O–H groups in total. The molecule has 3 aromatic rings. The molecule has 1 aliphatic heterocycles. The number of nitrogens with one attached hydrogen (secondary N) is 3. The molecule has 1 unspecified atom stereocenters. The first-order valence-electron chi connectivity index (χ1n) is 11.3. The van der Waals surface area contributed by atoms with Gasteiger partial charge in [-0.05, 0) is 69.6 Å². The Hall–Kier alpha value is -3.98. The highest BCUT2D eigenvalue weighted by molar-refractivity contribution is 5.82. The highest BCUT2D eigenvalue weighted by Crippen LogP contribution is 2.33. The summed E-state index contributed by atoms with van der Waals surface area (Å²) in [6.07, 6.45) is -2.20. The maximum absolute atomic E-state index is 10.6. The van der Waals surface area contributed by atoms with E-state index in [9.17, 15) is 18.4 Å². The third-order valence-electron chi connectivity index (χ3n) is 5.60. The van der Waals surface area contributed by atoms with E-state index in [4.69, 9.17) is 14.6 Å². The van der Waals surface area contributed by atoms with Gasteiger partial charge in [0.05, 0.1) is 24.0 Å². The lowest BCUT2D eigenvalue weighted by Crippen LogP contribution is -2.21. The third kappa shape index (κ3) is 6.37. The minimum absolute atomic E-state index is 0.574. The molecular formula is C24H27F3N6O3. The Morgan fingerprint density at radius 3 is 2.58 bits per heavy atom. The van der Waals surface area contributed by atoms with E-state index in [0.29, 0.717) is 18.1 Å². The lowest BCUT2D eigenvalue weighted by molar-refractivity contribution is -0.192. The molecule has 12 heteroatoms. The second-order valence-corrected chi connectivity index (χ2v) is 8.09. The van der Waals surface area contributed by atoms with Gasteiger partial charge in [-0.2, -0.15) is 23.5 Å². The topological polar surface area (TPSA) is 124 Å². The molecule has 3 heterocycles. The fourth-order valence-electron chi connectivity index (χ4n) is 3.82. The van der Waals surface area contributed by atoms with E-state index in [-0.39, 0.29) is 0 Å². The summed E-state index contributed by atoms with van der Waals surface area (Å²) in [6.45, 7) is 7.55. The number of alkyl halides is 3. The summed E-state index contributed by atoms with van der Waals surface area (Å²) in [5, 5.41) is 31.8. The van der Waals surface area contributed by atoms with Crippen LogP contribution in [0.2, 0.25) is 0 Å². The molecule has 0 saturated carbocycles. The molecule has 9 nitrogen and oxygen atoms in total. The summed E-state index contributed by atoms with van der Waals surface area (Å²) in [5.74, 6) is -0.497. The number of aromatic nitrogens is 2. The number of aliphatic carboxylic acids is 1. The molecule has 1 aromatic carbocycles. The number of fused-ring (bicyclic) bond motifs is 1. The zero-order valence-electron chi connectivity index (χ0n) is 19.8. The quantitative estimate of drug-likeness (QED) is 0.375. The first-order chi connectivity index (χ1) is 17.2. The molecule has 36 heavy (non-hydrogen) atoms. The number of halogens is 3. The van der Waals surface area contributed by atoms with Gasteiger partial charge >= 0.3 is 12.1 Å². The number of hydrogen-bond donors (Lipinski definition) is 4. The molecule has 1 atom stereocenters. The Balaban J connectivity index is 0.000000454. The number of anilines is 3. The standard InChI is InChI=1S/C22H26N6O.C2HF3O2/c1-3-29-18-6-4-17(5-7-18)27-22-15(2)21(25-14-16-8-10-24-13-16)19(12-23)20-9-11-26-28(20)22;3-2(4,5)1(6)7/h4-7,9,11,16,24-25,27H,3,8,10,13-14H2,1-2H3;(H,6,7). The van der Waals surface area contributed by atoms with Crippen LogP contribution in [0.4, 0.5) is 30.4 Å². The molecule has 0 aliphatic carbocycles. The van der Waals surface area contributed by atoms with Crippen LogP contribution in [-0.4, -0.2) is 53.1 Å². The minimum Gasteiger partial charge on any atom is -0.494 e. The number of benzene rings is 1. The number of ether oxygens (including phenoxy) is 1. The minimum atomic E-state index is -5.08. The fourth-order valence-corrected chi connectivity index (χ4v) is 3.82. The summed E-state index contributed by atoms with van der Waals surface area (Å²) in [4.78, 5) is 8.90.